The predicted molar refractivity (Wildman–Crippen MR) is 111 cm³/mol. The normalized spacial score (nSPS) is 11.3. The van der Waals surface area contributed by atoms with Crippen molar-refractivity contribution in [2.24, 2.45) is 5.92 Å². The Balaban J connectivity index is 1.76. The van der Waals surface area contributed by atoms with Gasteiger partial charge >= 0.3 is 0 Å². The van der Waals surface area contributed by atoms with E-state index in [2.05, 4.69) is 24.3 Å². The second-order valence-electron chi connectivity index (χ2n) is 7.16. The number of amides is 1. The standard InChI is InChI=1S/C22H22N4O2/c1-14(2)13-26-21-18(12-16-6-4-5-7-19(16)23-21)20(25-26)24-22(27)15-8-10-17(28-3)11-9-15/h4-12,14H,13H2,1-3H3,(H,24,25,27). The molecule has 142 valence electrons. The first-order valence-corrected chi connectivity index (χ1v) is 9.27. The topological polar surface area (TPSA) is 69.0 Å². The maximum Gasteiger partial charge on any atom is 0.256 e. The van der Waals surface area contributed by atoms with Gasteiger partial charge in [-0.25, -0.2) is 9.67 Å². The SMILES string of the molecule is COc1ccc(C(=O)Nc2nn(CC(C)C)c3nc4ccccc4cc23)cc1. The van der Waals surface area contributed by atoms with Crippen LogP contribution in [-0.2, 0) is 6.54 Å². The molecule has 0 aliphatic heterocycles. The van der Waals surface area contributed by atoms with Crippen LogP contribution in [0.25, 0.3) is 21.9 Å². The highest BCUT2D eigenvalue weighted by atomic mass is 16.5. The van der Waals surface area contributed by atoms with E-state index in [4.69, 9.17) is 9.72 Å². The van der Waals surface area contributed by atoms with Crippen LogP contribution in [0.5, 0.6) is 5.75 Å². The number of nitrogens with zero attached hydrogens (tertiary/aromatic N) is 3. The van der Waals surface area contributed by atoms with Crippen LogP contribution in [0.4, 0.5) is 5.82 Å². The van der Waals surface area contributed by atoms with Crippen molar-refractivity contribution in [1.29, 1.82) is 0 Å². The van der Waals surface area contributed by atoms with Crippen LogP contribution >= 0.6 is 0 Å². The highest BCUT2D eigenvalue weighted by Gasteiger charge is 2.17. The molecule has 2 aromatic carbocycles. The first-order valence-electron chi connectivity index (χ1n) is 9.27. The molecule has 0 aliphatic rings. The highest BCUT2D eigenvalue weighted by Crippen LogP contribution is 2.27. The largest absolute Gasteiger partial charge is 0.497 e. The predicted octanol–water partition coefficient (Wildman–Crippen LogP) is 4.50. The van der Waals surface area contributed by atoms with E-state index in [0.29, 0.717) is 23.0 Å². The zero-order valence-electron chi connectivity index (χ0n) is 16.1. The summed E-state index contributed by atoms with van der Waals surface area (Å²) in [5.74, 6) is 1.42. The molecule has 0 bridgehead atoms. The number of nitrogens with one attached hydrogen (secondary N) is 1. The first kappa shape index (κ1) is 18.0. The number of carbonyl (C=O) groups excluding carboxylic acids is 1. The van der Waals surface area contributed by atoms with E-state index >= 15 is 0 Å². The quantitative estimate of drug-likeness (QED) is 0.558. The lowest BCUT2D eigenvalue weighted by molar-refractivity contribution is 0.102. The van der Waals surface area contributed by atoms with Crippen LogP contribution in [-0.4, -0.2) is 27.8 Å². The summed E-state index contributed by atoms with van der Waals surface area (Å²) in [5, 5.41) is 9.44. The number of carbonyl (C=O) groups is 1. The molecule has 0 aliphatic carbocycles. The van der Waals surface area contributed by atoms with E-state index in [-0.39, 0.29) is 5.91 Å². The Morgan fingerprint density at radius 2 is 1.89 bits per heavy atom. The summed E-state index contributed by atoms with van der Waals surface area (Å²) in [6, 6.07) is 17.0. The molecule has 2 aromatic heterocycles. The maximum absolute atomic E-state index is 12.7. The van der Waals surface area contributed by atoms with Crippen molar-refractivity contribution >= 4 is 33.7 Å². The van der Waals surface area contributed by atoms with E-state index in [1.807, 2.05) is 35.0 Å². The highest BCUT2D eigenvalue weighted by molar-refractivity contribution is 6.08. The van der Waals surface area contributed by atoms with E-state index in [9.17, 15) is 4.79 Å². The maximum atomic E-state index is 12.7. The number of hydrogen-bond donors (Lipinski definition) is 1. The molecule has 2 heterocycles. The molecule has 0 atom stereocenters. The fourth-order valence-corrected chi connectivity index (χ4v) is 3.19. The van der Waals surface area contributed by atoms with Crippen LogP contribution < -0.4 is 10.1 Å². The fraction of sp³-hybridized carbons (Fsp3) is 0.227. The van der Waals surface area contributed by atoms with Crippen LogP contribution in [0.2, 0.25) is 0 Å². The second kappa shape index (κ2) is 7.31. The van der Waals surface area contributed by atoms with Crippen molar-refractivity contribution in [1.82, 2.24) is 14.8 Å². The average molecular weight is 374 g/mol. The van der Waals surface area contributed by atoms with Gasteiger partial charge in [-0.1, -0.05) is 32.0 Å². The van der Waals surface area contributed by atoms with E-state index in [1.54, 1.807) is 31.4 Å². The summed E-state index contributed by atoms with van der Waals surface area (Å²) in [4.78, 5) is 17.5. The van der Waals surface area contributed by atoms with Gasteiger partial charge in [-0.2, -0.15) is 5.10 Å². The number of fused-ring (bicyclic) bond motifs is 2. The molecule has 0 radical (unpaired) electrons. The first-order chi connectivity index (χ1) is 13.5. The lowest BCUT2D eigenvalue weighted by Crippen LogP contribution is -2.13. The van der Waals surface area contributed by atoms with E-state index in [0.717, 1.165) is 28.5 Å². The molecule has 6 heteroatoms. The smallest absolute Gasteiger partial charge is 0.256 e. The van der Waals surface area contributed by atoms with Crippen molar-refractivity contribution in [2.75, 3.05) is 12.4 Å². The molecular weight excluding hydrogens is 352 g/mol. The lowest BCUT2D eigenvalue weighted by atomic mass is 10.1. The van der Waals surface area contributed by atoms with Gasteiger partial charge in [-0.3, -0.25) is 4.79 Å². The van der Waals surface area contributed by atoms with Crippen LogP contribution in [0.15, 0.2) is 54.6 Å². The molecule has 0 saturated carbocycles. The minimum absolute atomic E-state index is 0.216. The Kier molecular flexibility index (Phi) is 4.69. The van der Waals surface area contributed by atoms with Gasteiger partial charge in [0, 0.05) is 17.5 Å². The monoisotopic (exact) mass is 374 g/mol. The van der Waals surface area contributed by atoms with Crippen molar-refractivity contribution in [3.63, 3.8) is 0 Å². The fourth-order valence-electron chi connectivity index (χ4n) is 3.19. The number of pyridine rings is 1. The number of ether oxygens (including phenoxy) is 1. The van der Waals surface area contributed by atoms with Gasteiger partial charge in [0.15, 0.2) is 11.5 Å². The van der Waals surface area contributed by atoms with E-state index < -0.39 is 0 Å². The molecular formula is C22H22N4O2. The van der Waals surface area contributed by atoms with Gasteiger partial charge in [0.1, 0.15) is 5.75 Å². The van der Waals surface area contributed by atoms with Crippen molar-refractivity contribution in [3.05, 3.63) is 60.2 Å². The van der Waals surface area contributed by atoms with Gasteiger partial charge in [0.25, 0.3) is 5.91 Å². The van der Waals surface area contributed by atoms with Crippen LogP contribution in [0, 0.1) is 5.92 Å². The van der Waals surface area contributed by atoms with Crippen molar-refractivity contribution in [3.8, 4) is 5.75 Å². The van der Waals surface area contributed by atoms with Crippen molar-refractivity contribution in [2.45, 2.75) is 20.4 Å². The summed E-state index contributed by atoms with van der Waals surface area (Å²) >= 11 is 0. The number of hydrogen-bond acceptors (Lipinski definition) is 4. The Hall–Kier alpha value is -3.41. The Bertz CT molecular complexity index is 1150. The van der Waals surface area contributed by atoms with Gasteiger partial charge < -0.3 is 10.1 Å². The molecule has 4 aromatic rings. The number of rotatable bonds is 5. The summed E-state index contributed by atoms with van der Waals surface area (Å²) in [7, 11) is 1.60. The minimum atomic E-state index is -0.216. The van der Waals surface area contributed by atoms with Crippen LogP contribution in [0.1, 0.15) is 24.2 Å². The zero-order chi connectivity index (χ0) is 19.7. The molecule has 1 N–H and O–H groups in total. The molecule has 6 nitrogen and oxygen atoms in total. The number of para-hydroxylation sites is 1. The minimum Gasteiger partial charge on any atom is -0.497 e. The third kappa shape index (κ3) is 3.41. The molecule has 0 spiro atoms. The molecule has 0 unspecified atom stereocenters. The molecule has 28 heavy (non-hydrogen) atoms. The Morgan fingerprint density at radius 1 is 1.14 bits per heavy atom. The zero-order valence-corrected chi connectivity index (χ0v) is 16.1. The van der Waals surface area contributed by atoms with E-state index in [1.165, 1.54) is 0 Å². The van der Waals surface area contributed by atoms with Gasteiger partial charge in [0.05, 0.1) is 18.0 Å². The molecule has 1 amide bonds. The summed E-state index contributed by atoms with van der Waals surface area (Å²) < 4.78 is 7.02. The van der Waals surface area contributed by atoms with Crippen molar-refractivity contribution < 1.29 is 9.53 Å². The second-order valence-corrected chi connectivity index (χ2v) is 7.16. The number of benzene rings is 2. The van der Waals surface area contributed by atoms with Crippen LogP contribution in [0.3, 0.4) is 0 Å². The average Bonchev–Trinajstić information content (AvgIpc) is 3.02. The Morgan fingerprint density at radius 3 is 2.61 bits per heavy atom. The molecule has 0 saturated heterocycles. The lowest BCUT2D eigenvalue weighted by Gasteiger charge is -2.06. The number of methoxy groups -OCH3 is 1. The molecule has 4 rings (SSSR count). The third-order valence-corrected chi connectivity index (χ3v) is 4.55. The summed E-state index contributed by atoms with van der Waals surface area (Å²) in [5.41, 5.74) is 2.23. The van der Waals surface area contributed by atoms with Gasteiger partial charge in [0.2, 0.25) is 0 Å². The summed E-state index contributed by atoms with van der Waals surface area (Å²) in [6.45, 7) is 4.98. The van der Waals surface area contributed by atoms with Gasteiger partial charge in [-0.15, -0.1) is 0 Å². The number of anilines is 1. The Labute approximate surface area is 163 Å². The van der Waals surface area contributed by atoms with Gasteiger partial charge in [-0.05, 0) is 42.3 Å². The number of aromatic nitrogens is 3. The third-order valence-electron chi connectivity index (χ3n) is 4.55. The molecule has 0 fully saturated rings. The summed E-state index contributed by atoms with van der Waals surface area (Å²) in [6.07, 6.45) is 0.